The lowest BCUT2D eigenvalue weighted by molar-refractivity contribution is -0.128. The summed E-state index contributed by atoms with van der Waals surface area (Å²) in [5.74, 6) is -0.324. The van der Waals surface area contributed by atoms with Crippen molar-refractivity contribution in [2.75, 3.05) is 0 Å². The first-order valence-electron chi connectivity index (χ1n) is 10.3. The maximum atomic E-state index is 12.6. The predicted octanol–water partition coefficient (Wildman–Crippen LogP) is 6.59. The normalized spacial score (nSPS) is 11.8. The number of amides is 1. The molecule has 176 valence electrons. The summed E-state index contributed by atoms with van der Waals surface area (Å²) in [6, 6.07) is 16.9. The minimum Gasteiger partial charge on any atom is -0.479 e. The highest BCUT2D eigenvalue weighted by Gasteiger charge is 2.19. The third-order valence-electron chi connectivity index (χ3n) is 4.67. The van der Waals surface area contributed by atoms with E-state index < -0.39 is 18.0 Å². The molecule has 0 heterocycles. The molecule has 1 atom stereocenters. The topological polar surface area (TPSA) is 77.0 Å². The van der Waals surface area contributed by atoms with Gasteiger partial charge < -0.3 is 9.47 Å². The number of hydrogen-bond donors (Lipinski definition) is 1. The number of aryl methyl sites for hydroxylation is 1. The van der Waals surface area contributed by atoms with Crippen LogP contribution in [-0.4, -0.2) is 24.2 Å². The molecule has 3 rings (SSSR count). The summed E-state index contributed by atoms with van der Waals surface area (Å²) in [7, 11) is 0. The first-order valence-corrected chi connectivity index (χ1v) is 11.8. The monoisotopic (exact) mass is 562 g/mol. The van der Waals surface area contributed by atoms with Crippen molar-refractivity contribution in [1.82, 2.24) is 5.43 Å². The Morgan fingerprint density at radius 2 is 1.76 bits per heavy atom. The highest BCUT2D eigenvalue weighted by molar-refractivity contribution is 9.10. The van der Waals surface area contributed by atoms with Crippen molar-refractivity contribution in [3.8, 4) is 11.5 Å². The highest BCUT2D eigenvalue weighted by Crippen LogP contribution is 2.29. The number of carbonyl (C=O) groups is 2. The average Bonchev–Trinajstić information content (AvgIpc) is 2.80. The molecule has 1 unspecified atom stereocenters. The van der Waals surface area contributed by atoms with Gasteiger partial charge >= 0.3 is 5.97 Å². The van der Waals surface area contributed by atoms with E-state index in [0.717, 1.165) is 10.0 Å². The Morgan fingerprint density at radius 1 is 1.06 bits per heavy atom. The second kappa shape index (κ2) is 12.0. The molecule has 0 radical (unpaired) electrons. The van der Waals surface area contributed by atoms with E-state index in [2.05, 4.69) is 26.5 Å². The van der Waals surface area contributed by atoms with Crippen LogP contribution in [0.25, 0.3) is 0 Å². The van der Waals surface area contributed by atoms with Gasteiger partial charge in [0.25, 0.3) is 5.91 Å². The van der Waals surface area contributed by atoms with Gasteiger partial charge in [0.05, 0.1) is 16.8 Å². The van der Waals surface area contributed by atoms with Crippen LogP contribution in [0.4, 0.5) is 0 Å². The van der Waals surface area contributed by atoms with Gasteiger partial charge in [0, 0.05) is 15.1 Å². The predicted molar refractivity (Wildman–Crippen MR) is 137 cm³/mol. The zero-order valence-corrected chi connectivity index (χ0v) is 21.4. The number of rotatable bonds is 8. The average molecular weight is 564 g/mol. The van der Waals surface area contributed by atoms with Crippen LogP contribution in [0.15, 0.2) is 70.2 Å². The maximum Gasteiger partial charge on any atom is 0.343 e. The minimum absolute atomic E-state index is 0.294. The van der Waals surface area contributed by atoms with E-state index in [4.69, 9.17) is 32.7 Å². The summed E-state index contributed by atoms with van der Waals surface area (Å²) in [5.41, 5.74) is 4.41. The molecule has 1 amide bonds. The molecule has 0 saturated heterocycles. The molecule has 0 aliphatic carbocycles. The van der Waals surface area contributed by atoms with Crippen LogP contribution in [0, 0.1) is 6.92 Å². The molecule has 9 heteroatoms. The number of esters is 1. The van der Waals surface area contributed by atoms with E-state index in [-0.39, 0.29) is 0 Å². The number of ether oxygens (including phenoxy) is 2. The van der Waals surface area contributed by atoms with E-state index in [1.54, 1.807) is 49.4 Å². The van der Waals surface area contributed by atoms with Crippen molar-refractivity contribution in [3.63, 3.8) is 0 Å². The van der Waals surface area contributed by atoms with Gasteiger partial charge in [0.15, 0.2) is 6.10 Å². The fraction of sp³-hybridized carbons (Fsp3) is 0.160. The third-order valence-corrected chi connectivity index (χ3v) is 5.69. The molecule has 0 fully saturated rings. The Labute approximate surface area is 216 Å². The van der Waals surface area contributed by atoms with Crippen molar-refractivity contribution in [3.05, 3.63) is 91.9 Å². The molecular weight excluding hydrogens is 543 g/mol. The molecule has 1 N–H and O–H groups in total. The number of carbonyl (C=O) groups excluding carboxylic acids is 2. The van der Waals surface area contributed by atoms with Gasteiger partial charge in [-0.05, 0) is 61.9 Å². The van der Waals surface area contributed by atoms with Gasteiger partial charge in [-0.3, -0.25) is 4.79 Å². The van der Waals surface area contributed by atoms with E-state index in [1.807, 2.05) is 19.1 Å². The molecule has 3 aromatic rings. The number of hydrogen-bond acceptors (Lipinski definition) is 5. The maximum absolute atomic E-state index is 12.6. The summed E-state index contributed by atoms with van der Waals surface area (Å²) in [4.78, 5) is 25.1. The zero-order valence-electron chi connectivity index (χ0n) is 18.3. The van der Waals surface area contributed by atoms with Gasteiger partial charge in [-0.1, -0.05) is 63.8 Å². The van der Waals surface area contributed by atoms with Crippen LogP contribution in [0.3, 0.4) is 0 Å². The number of hydrazone groups is 1. The smallest absolute Gasteiger partial charge is 0.343 e. The quantitative estimate of drug-likeness (QED) is 0.145. The van der Waals surface area contributed by atoms with Crippen molar-refractivity contribution in [1.29, 1.82) is 0 Å². The van der Waals surface area contributed by atoms with Crippen molar-refractivity contribution >= 4 is 57.2 Å². The Kier molecular flexibility index (Phi) is 9.10. The van der Waals surface area contributed by atoms with Crippen molar-refractivity contribution in [2.24, 2.45) is 5.10 Å². The number of nitrogens with one attached hydrogen (secondary N) is 1. The highest BCUT2D eigenvalue weighted by atomic mass is 79.9. The molecule has 0 aliphatic rings. The Morgan fingerprint density at radius 3 is 2.44 bits per heavy atom. The first kappa shape index (κ1) is 25.7. The second-order valence-corrected chi connectivity index (χ2v) is 9.02. The number of nitrogens with zero attached hydrogens (tertiary/aromatic N) is 1. The van der Waals surface area contributed by atoms with Crippen LogP contribution in [-0.2, 0) is 4.79 Å². The molecule has 6 nitrogen and oxygen atoms in total. The van der Waals surface area contributed by atoms with Gasteiger partial charge in [0.2, 0.25) is 0 Å². The second-order valence-electron chi connectivity index (χ2n) is 7.26. The summed E-state index contributed by atoms with van der Waals surface area (Å²) in [5, 5.41) is 4.78. The molecule has 0 aliphatic heterocycles. The van der Waals surface area contributed by atoms with Crippen LogP contribution in [0.5, 0.6) is 11.5 Å². The van der Waals surface area contributed by atoms with Crippen LogP contribution in [0.1, 0.15) is 34.8 Å². The molecular formula is C25H21BrCl2N2O4. The fourth-order valence-corrected chi connectivity index (χ4v) is 3.68. The van der Waals surface area contributed by atoms with Crippen molar-refractivity contribution < 1.29 is 19.1 Å². The standard InChI is InChI=1S/C25H21BrCl2N2O4/c1-3-21(33-23-11-9-19(27)13-20(23)28)24(31)30-29-14-17-12-18(26)8-10-22(17)34-25(32)16-6-4-15(2)5-7-16/h4-14,21H,3H2,1-2H3,(H,30,31). The molecule has 34 heavy (non-hydrogen) atoms. The zero-order chi connectivity index (χ0) is 24.7. The summed E-state index contributed by atoms with van der Waals surface area (Å²) in [6.45, 7) is 3.74. The molecule has 0 saturated carbocycles. The molecule has 0 aromatic heterocycles. The van der Waals surface area contributed by atoms with E-state index >= 15 is 0 Å². The van der Waals surface area contributed by atoms with Gasteiger partial charge in [0.1, 0.15) is 11.5 Å². The van der Waals surface area contributed by atoms with Gasteiger partial charge in [-0.15, -0.1) is 0 Å². The SMILES string of the molecule is CCC(Oc1ccc(Cl)cc1Cl)C(=O)NN=Cc1cc(Br)ccc1OC(=O)c1ccc(C)cc1. The first-order chi connectivity index (χ1) is 16.3. The fourth-order valence-electron chi connectivity index (χ4n) is 2.85. The summed E-state index contributed by atoms with van der Waals surface area (Å²) < 4.78 is 12.0. The van der Waals surface area contributed by atoms with Crippen LogP contribution in [0.2, 0.25) is 10.0 Å². The van der Waals surface area contributed by atoms with Crippen molar-refractivity contribution in [2.45, 2.75) is 26.4 Å². The third kappa shape index (κ3) is 7.06. The van der Waals surface area contributed by atoms with Crippen LogP contribution < -0.4 is 14.9 Å². The largest absolute Gasteiger partial charge is 0.479 e. The summed E-state index contributed by atoms with van der Waals surface area (Å²) in [6.07, 6.45) is 0.955. The lowest BCUT2D eigenvalue weighted by Crippen LogP contribution is -2.35. The van der Waals surface area contributed by atoms with Gasteiger partial charge in [-0.2, -0.15) is 5.10 Å². The minimum atomic E-state index is -0.822. The lowest BCUT2D eigenvalue weighted by atomic mass is 10.1. The molecule has 0 bridgehead atoms. The Hall–Kier alpha value is -2.87. The molecule has 0 spiro atoms. The Balaban J connectivity index is 1.69. The van der Waals surface area contributed by atoms with E-state index in [0.29, 0.717) is 39.1 Å². The van der Waals surface area contributed by atoms with E-state index in [9.17, 15) is 9.59 Å². The van der Waals surface area contributed by atoms with Crippen LogP contribution >= 0.6 is 39.1 Å². The Bertz CT molecular complexity index is 1220. The lowest BCUT2D eigenvalue weighted by Gasteiger charge is -2.16. The number of halogens is 3. The van der Waals surface area contributed by atoms with Gasteiger partial charge in [-0.25, -0.2) is 10.2 Å². The molecule has 3 aromatic carbocycles. The number of benzene rings is 3. The van der Waals surface area contributed by atoms with E-state index in [1.165, 1.54) is 12.3 Å². The summed E-state index contributed by atoms with van der Waals surface area (Å²) >= 11 is 15.4.